The van der Waals surface area contributed by atoms with Crippen LogP contribution in [0, 0.1) is 0 Å². The van der Waals surface area contributed by atoms with E-state index in [9.17, 15) is 22.7 Å². The summed E-state index contributed by atoms with van der Waals surface area (Å²) in [6.07, 6.45) is 0.285. The predicted molar refractivity (Wildman–Crippen MR) is 147 cm³/mol. The number of amides is 1. The molecular formula is C26H30BN3O6S2. The molecule has 12 heteroatoms. The van der Waals surface area contributed by atoms with Gasteiger partial charge in [-0.3, -0.25) is 4.79 Å². The van der Waals surface area contributed by atoms with Gasteiger partial charge in [0.2, 0.25) is 10.0 Å². The molecule has 38 heavy (non-hydrogen) atoms. The van der Waals surface area contributed by atoms with Crippen LogP contribution >= 0.6 is 11.3 Å². The molecule has 0 spiro atoms. The molecule has 1 aromatic heterocycles. The molecule has 0 aliphatic carbocycles. The third kappa shape index (κ3) is 8.69. The number of carbonyl (C=O) groups excluding carboxylic acids is 2. The molecule has 200 valence electrons. The summed E-state index contributed by atoms with van der Waals surface area (Å²) in [5.41, 5.74) is 1.10. The first-order valence-corrected chi connectivity index (χ1v) is 14.2. The quantitative estimate of drug-likeness (QED) is 0.178. The molecule has 1 unspecified atom stereocenters. The van der Waals surface area contributed by atoms with Gasteiger partial charge >= 0.3 is 121 Å². The summed E-state index contributed by atoms with van der Waals surface area (Å²) in [5.74, 6) is -1.24. The molecule has 3 aromatic rings. The van der Waals surface area contributed by atoms with Gasteiger partial charge in [-0.1, -0.05) is 18.2 Å². The first-order valence-electron chi connectivity index (χ1n) is 11.9. The fourth-order valence-corrected chi connectivity index (χ4v) is 5.49. The topological polar surface area (TPSA) is 131 Å². The Morgan fingerprint density at radius 3 is 2.32 bits per heavy atom. The maximum atomic E-state index is 12.9. The van der Waals surface area contributed by atoms with Crippen molar-refractivity contribution in [3.05, 3.63) is 77.2 Å². The van der Waals surface area contributed by atoms with Crippen molar-refractivity contribution in [2.24, 2.45) is 0 Å². The summed E-state index contributed by atoms with van der Waals surface area (Å²) in [6.45, 7) is 5.30. The Morgan fingerprint density at radius 2 is 1.68 bits per heavy atom. The molecule has 0 bridgehead atoms. The average molecular weight is 555 g/mol. The monoisotopic (exact) mass is 555 g/mol. The minimum absolute atomic E-state index is 0.00618. The molecule has 1 heterocycles. The van der Waals surface area contributed by atoms with E-state index in [1.54, 1.807) is 45.0 Å². The Hall–Kier alpha value is -3.19. The Kier molecular flexibility index (Phi) is 10.1. The summed E-state index contributed by atoms with van der Waals surface area (Å²) in [4.78, 5) is 26.9. The number of rotatable bonds is 12. The summed E-state index contributed by atoms with van der Waals surface area (Å²) < 4.78 is 43.9. The number of hydrogen-bond donors (Lipinski definition) is 3. The summed E-state index contributed by atoms with van der Waals surface area (Å²) in [7, 11) is -3.23. The van der Waals surface area contributed by atoms with Gasteiger partial charge in [-0.25, -0.2) is 8.42 Å². The molecule has 9 nitrogen and oxygen atoms in total. The van der Waals surface area contributed by atoms with Crippen molar-refractivity contribution in [1.29, 1.82) is 0 Å². The number of hydrogen-bond acceptors (Lipinski definition) is 8. The molecule has 0 aliphatic rings. The van der Waals surface area contributed by atoms with Crippen LogP contribution in [0.1, 0.15) is 36.0 Å². The molecule has 0 saturated heterocycles. The van der Waals surface area contributed by atoms with Crippen molar-refractivity contribution in [1.82, 2.24) is 15.4 Å². The van der Waals surface area contributed by atoms with Gasteiger partial charge in [-0.15, -0.1) is 0 Å². The van der Waals surface area contributed by atoms with Crippen LogP contribution in [-0.2, 0) is 30.8 Å². The molecule has 3 rings (SSSR count). The van der Waals surface area contributed by atoms with Crippen molar-refractivity contribution in [3.63, 3.8) is 0 Å². The summed E-state index contributed by atoms with van der Waals surface area (Å²) in [5, 5.41) is 5.65. The first kappa shape index (κ1) is 29.4. The Morgan fingerprint density at radius 1 is 1.00 bits per heavy atom. The number of sulfonamides is 1. The fourth-order valence-electron chi connectivity index (χ4n) is 3.36. The van der Waals surface area contributed by atoms with Crippen molar-refractivity contribution < 1.29 is 27.4 Å². The van der Waals surface area contributed by atoms with Gasteiger partial charge < -0.3 is 4.74 Å². The SMILES string of the molecule is CC(C)(C)OC(=O)C(CNC(=O)c1ccc(-c2ccc(CNCB=O)cc2)s1)NS(=O)(=O)c1ccccc1. The second-order valence-corrected chi connectivity index (χ2v) is 12.2. The van der Waals surface area contributed by atoms with E-state index in [0.717, 1.165) is 23.2 Å². The normalized spacial score (nSPS) is 12.4. The number of carbonyl (C=O) groups is 2. The molecular weight excluding hydrogens is 525 g/mol. The minimum Gasteiger partial charge on any atom is -0.207 e. The number of benzene rings is 2. The fraction of sp³-hybridized carbons (Fsp3) is 0.308. The minimum atomic E-state index is -4.04. The van der Waals surface area contributed by atoms with Crippen LogP contribution in [0.5, 0.6) is 0 Å². The Balaban J connectivity index is 1.69. The maximum Gasteiger partial charge on any atom is 0.241 e. The molecule has 0 aliphatic heterocycles. The molecule has 3 N–H and O–H groups in total. The van der Waals surface area contributed by atoms with Crippen molar-refractivity contribution in [3.8, 4) is 10.4 Å². The third-order valence-corrected chi connectivity index (χ3v) is 7.75. The largest absolute Gasteiger partial charge is 0.241 e. The Labute approximate surface area is 227 Å². The van der Waals surface area contributed by atoms with Crippen LogP contribution < -0.4 is 15.4 Å². The van der Waals surface area contributed by atoms with E-state index in [4.69, 9.17) is 4.74 Å². The van der Waals surface area contributed by atoms with Crippen LogP contribution in [0.2, 0.25) is 0 Å². The smallest absolute Gasteiger partial charge is 0.207 e. The zero-order valence-corrected chi connectivity index (χ0v) is 23.0. The second-order valence-electron chi connectivity index (χ2n) is 9.39. The van der Waals surface area contributed by atoms with Gasteiger partial charge in [0.1, 0.15) is 11.6 Å². The standard InChI is InChI=1S/C26H30BN3O6S2/c1-26(2,3)36-25(32)21(30-38(34,35)20-7-5-4-6-8-20)16-29-24(31)23-14-13-22(37-23)19-11-9-18(10-12-19)15-28-17-27-33/h4-14,21,28,30H,15-17H2,1-3H3,(H,29,31). The number of ether oxygens (including phenoxy) is 1. The van der Waals surface area contributed by atoms with Gasteiger partial charge in [0.25, 0.3) is 0 Å². The van der Waals surface area contributed by atoms with E-state index in [-0.39, 0.29) is 17.9 Å². The predicted octanol–water partition coefficient (Wildman–Crippen LogP) is 2.93. The molecule has 0 fully saturated rings. The maximum absolute atomic E-state index is 12.9. The van der Waals surface area contributed by atoms with Gasteiger partial charge in [-0.05, 0) is 32.9 Å². The molecule has 2 aromatic carbocycles. The second kappa shape index (κ2) is 13.1. The van der Waals surface area contributed by atoms with Gasteiger partial charge in [0, 0.05) is 6.54 Å². The van der Waals surface area contributed by atoms with E-state index < -0.39 is 33.5 Å². The van der Waals surface area contributed by atoms with E-state index in [1.165, 1.54) is 23.5 Å². The van der Waals surface area contributed by atoms with Crippen molar-refractivity contribution >= 4 is 40.4 Å². The molecule has 1 atom stereocenters. The van der Waals surface area contributed by atoms with Crippen LogP contribution in [0.4, 0.5) is 0 Å². The summed E-state index contributed by atoms with van der Waals surface area (Å²) in [6, 6.07) is 17.6. The van der Waals surface area contributed by atoms with E-state index in [0.29, 0.717) is 11.4 Å². The molecule has 0 saturated carbocycles. The number of nitrogens with one attached hydrogen (secondary N) is 3. The first-order chi connectivity index (χ1) is 18.0. The average Bonchev–Trinajstić information content (AvgIpc) is 3.37. The van der Waals surface area contributed by atoms with E-state index in [2.05, 4.69) is 15.4 Å². The zero-order valence-electron chi connectivity index (χ0n) is 21.4. The van der Waals surface area contributed by atoms with Gasteiger partial charge in [0.15, 0.2) is 0 Å². The van der Waals surface area contributed by atoms with Gasteiger partial charge in [0.05, 0.1) is 4.90 Å². The molecule has 0 radical (unpaired) electrons. The van der Waals surface area contributed by atoms with Crippen LogP contribution in [0.15, 0.2) is 71.6 Å². The van der Waals surface area contributed by atoms with E-state index in [1.807, 2.05) is 30.3 Å². The zero-order chi connectivity index (χ0) is 27.8. The number of esters is 1. The van der Waals surface area contributed by atoms with Crippen molar-refractivity contribution in [2.75, 3.05) is 13.0 Å². The summed E-state index contributed by atoms with van der Waals surface area (Å²) >= 11 is 1.27. The van der Waals surface area contributed by atoms with E-state index >= 15 is 0 Å². The molecule has 1 amide bonds. The Bertz CT molecular complexity index is 1350. The number of thiophene rings is 1. The van der Waals surface area contributed by atoms with Crippen LogP contribution in [-0.4, -0.2) is 52.1 Å². The van der Waals surface area contributed by atoms with Gasteiger partial charge in [-0.2, -0.15) is 4.72 Å². The van der Waals surface area contributed by atoms with Crippen LogP contribution in [0.3, 0.4) is 0 Å². The van der Waals surface area contributed by atoms with Crippen LogP contribution in [0.25, 0.3) is 10.4 Å². The third-order valence-electron chi connectivity index (χ3n) is 5.13. The van der Waals surface area contributed by atoms with Crippen molar-refractivity contribution in [2.45, 2.75) is 43.9 Å².